The molecule has 0 aliphatic heterocycles. The molecule has 1 aromatic heterocycles. The van der Waals surface area contributed by atoms with E-state index in [9.17, 15) is 4.79 Å². The van der Waals surface area contributed by atoms with E-state index in [1.54, 1.807) is 0 Å². The molecule has 0 atom stereocenters. The van der Waals surface area contributed by atoms with Crippen molar-refractivity contribution in [1.82, 2.24) is 10.3 Å². The fraction of sp³-hybridized carbons (Fsp3) is 0.471. The zero-order valence-electron chi connectivity index (χ0n) is 12.3. The number of H-pyrrole nitrogens is 1. The fourth-order valence-electron chi connectivity index (χ4n) is 3.14. The Morgan fingerprint density at radius 1 is 1.10 bits per heavy atom. The molecule has 0 spiro atoms. The van der Waals surface area contributed by atoms with Crippen LogP contribution in [-0.4, -0.2) is 16.9 Å². The van der Waals surface area contributed by atoms with Gasteiger partial charge in [0.25, 0.3) is 5.91 Å². The largest absolute Gasteiger partial charge is 0.399 e. The molecule has 0 saturated heterocycles. The number of nitrogen functional groups attached to an aromatic ring is 1. The van der Waals surface area contributed by atoms with E-state index >= 15 is 0 Å². The Balaban J connectivity index is 1.70. The van der Waals surface area contributed by atoms with Crippen LogP contribution in [0.15, 0.2) is 24.3 Å². The highest BCUT2D eigenvalue weighted by atomic mass is 16.1. The van der Waals surface area contributed by atoms with Crippen LogP contribution in [0.2, 0.25) is 0 Å². The molecular weight excluding hydrogens is 262 g/mol. The molecule has 1 fully saturated rings. The van der Waals surface area contributed by atoms with Crippen molar-refractivity contribution in [3.05, 3.63) is 30.0 Å². The number of hydrogen-bond acceptors (Lipinski definition) is 2. The third kappa shape index (κ3) is 3.38. The maximum atomic E-state index is 12.4. The van der Waals surface area contributed by atoms with Crippen LogP contribution in [0.1, 0.15) is 55.4 Å². The van der Waals surface area contributed by atoms with Crippen LogP contribution in [0.5, 0.6) is 0 Å². The molecule has 4 nitrogen and oxygen atoms in total. The Hall–Kier alpha value is -1.97. The van der Waals surface area contributed by atoms with Crippen molar-refractivity contribution in [2.24, 2.45) is 0 Å². The molecule has 21 heavy (non-hydrogen) atoms. The number of carbonyl (C=O) groups excluding carboxylic acids is 1. The maximum Gasteiger partial charge on any atom is 0.267 e. The van der Waals surface area contributed by atoms with Gasteiger partial charge < -0.3 is 16.0 Å². The lowest BCUT2D eigenvalue weighted by atomic mass is 9.96. The van der Waals surface area contributed by atoms with E-state index in [4.69, 9.17) is 5.73 Å². The van der Waals surface area contributed by atoms with Crippen molar-refractivity contribution in [3.63, 3.8) is 0 Å². The summed E-state index contributed by atoms with van der Waals surface area (Å²) in [7, 11) is 0. The lowest BCUT2D eigenvalue weighted by molar-refractivity contribution is 0.0926. The average Bonchev–Trinajstić information content (AvgIpc) is 2.84. The summed E-state index contributed by atoms with van der Waals surface area (Å²) in [6, 6.07) is 7.84. The van der Waals surface area contributed by atoms with Gasteiger partial charge in [-0.2, -0.15) is 0 Å². The first-order valence-corrected chi connectivity index (χ1v) is 7.91. The van der Waals surface area contributed by atoms with Crippen LogP contribution >= 0.6 is 0 Å². The molecule has 1 aromatic carbocycles. The minimum absolute atomic E-state index is 0.00431. The summed E-state index contributed by atoms with van der Waals surface area (Å²) >= 11 is 0. The first-order chi connectivity index (χ1) is 10.2. The Bertz CT molecular complexity index is 624. The lowest BCUT2D eigenvalue weighted by Gasteiger charge is -2.20. The summed E-state index contributed by atoms with van der Waals surface area (Å²) in [6.07, 6.45) is 8.54. The van der Waals surface area contributed by atoms with Crippen molar-refractivity contribution in [2.75, 3.05) is 5.73 Å². The number of aromatic amines is 1. The number of anilines is 1. The van der Waals surface area contributed by atoms with Crippen molar-refractivity contribution in [2.45, 2.75) is 51.0 Å². The number of nitrogens with two attached hydrogens (primary N) is 1. The number of aromatic nitrogens is 1. The van der Waals surface area contributed by atoms with Crippen LogP contribution in [0.4, 0.5) is 5.69 Å². The SMILES string of the molecule is Nc1ccc2[nH]c(C(=O)NC3CCCCCCC3)cc2c1. The standard InChI is InChI=1S/C17H23N3O/c18-13-8-9-15-12(10-13)11-16(20-15)17(21)19-14-6-4-2-1-3-5-7-14/h8-11,14,20H,1-7,18H2,(H,19,21). The molecule has 1 saturated carbocycles. The Morgan fingerprint density at radius 3 is 2.57 bits per heavy atom. The number of rotatable bonds is 2. The monoisotopic (exact) mass is 285 g/mol. The molecular formula is C17H23N3O. The van der Waals surface area contributed by atoms with Crippen molar-refractivity contribution in [1.29, 1.82) is 0 Å². The molecule has 1 aliphatic carbocycles. The predicted octanol–water partition coefficient (Wildman–Crippen LogP) is 3.59. The molecule has 2 aromatic rings. The van der Waals surface area contributed by atoms with E-state index in [2.05, 4.69) is 10.3 Å². The number of benzene rings is 1. The van der Waals surface area contributed by atoms with Gasteiger partial charge in [0.2, 0.25) is 0 Å². The smallest absolute Gasteiger partial charge is 0.267 e. The Labute approximate surface area is 125 Å². The molecule has 4 N–H and O–H groups in total. The molecule has 1 amide bonds. The quantitative estimate of drug-likeness (QED) is 0.738. The lowest BCUT2D eigenvalue weighted by Crippen LogP contribution is -2.35. The van der Waals surface area contributed by atoms with Gasteiger partial charge in [-0.3, -0.25) is 4.79 Å². The van der Waals surface area contributed by atoms with Gasteiger partial charge in [0.1, 0.15) is 5.69 Å². The van der Waals surface area contributed by atoms with E-state index < -0.39 is 0 Å². The maximum absolute atomic E-state index is 12.4. The summed E-state index contributed by atoms with van der Waals surface area (Å²) in [5, 5.41) is 4.16. The molecule has 3 rings (SSSR count). The summed E-state index contributed by atoms with van der Waals surface area (Å²) in [4.78, 5) is 15.6. The van der Waals surface area contributed by atoms with Gasteiger partial charge in [0, 0.05) is 22.6 Å². The molecule has 112 valence electrons. The second-order valence-electron chi connectivity index (χ2n) is 6.05. The second-order valence-corrected chi connectivity index (χ2v) is 6.05. The van der Waals surface area contributed by atoms with Crippen molar-refractivity contribution < 1.29 is 4.79 Å². The predicted molar refractivity (Wildman–Crippen MR) is 86.3 cm³/mol. The fourth-order valence-corrected chi connectivity index (χ4v) is 3.14. The number of nitrogens with one attached hydrogen (secondary N) is 2. The number of fused-ring (bicyclic) bond motifs is 1. The second kappa shape index (κ2) is 6.20. The number of carbonyl (C=O) groups is 1. The van der Waals surface area contributed by atoms with E-state index in [1.165, 1.54) is 32.1 Å². The van der Waals surface area contributed by atoms with E-state index in [1.807, 2.05) is 24.3 Å². The Kier molecular flexibility index (Phi) is 4.13. The zero-order chi connectivity index (χ0) is 14.7. The normalized spacial score (nSPS) is 17.3. The topological polar surface area (TPSA) is 70.9 Å². The Morgan fingerprint density at radius 2 is 1.81 bits per heavy atom. The number of amides is 1. The molecule has 1 aliphatic rings. The highest BCUT2D eigenvalue weighted by molar-refractivity contribution is 5.98. The van der Waals surface area contributed by atoms with Crippen LogP contribution < -0.4 is 11.1 Å². The minimum atomic E-state index is -0.00431. The van der Waals surface area contributed by atoms with Gasteiger partial charge >= 0.3 is 0 Å². The molecule has 0 unspecified atom stereocenters. The van der Waals surface area contributed by atoms with Crippen LogP contribution in [0.3, 0.4) is 0 Å². The van der Waals surface area contributed by atoms with Crippen LogP contribution in [-0.2, 0) is 0 Å². The van der Waals surface area contributed by atoms with Crippen LogP contribution in [0, 0.1) is 0 Å². The van der Waals surface area contributed by atoms with Gasteiger partial charge in [-0.25, -0.2) is 0 Å². The van der Waals surface area contributed by atoms with Gasteiger partial charge in [-0.15, -0.1) is 0 Å². The highest BCUT2D eigenvalue weighted by Gasteiger charge is 2.16. The van der Waals surface area contributed by atoms with Crippen molar-refractivity contribution >= 4 is 22.5 Å². The van der Waals surface area contributed by atoms with Crippen LogP contribution in [0.25, 0.3) is 10.9 Å². The first-order valence-electron chi connectivity index (χ1n) is 7.91. The number of hydrogen-bond donors (Lipinski definition) is 3. The average molecular weight is 285 g/mol. The van der Waals surface area contributed by atoms with E-state index in [0.717, 1.165) is 23.7 Å². The summed E-state index contributed by atoms with van der Waals surface area (Å²) in [5.41, 5.74) is 8.07. The first kappa shape index (κ1) is 14.0. The molecule has 0 bridgehead atoms. The summed E-state index contributed by atoms with van der Waals surface area (Å²) < 4.78 is 0. The molecule has 0 radical (unpaired) electrons. The van der Waals surface area contributed by atoms with E-state index in [0.29, 0.717) is 17.4 Å². The van der Waals surface area contributed by atoms with Gasteiger partial charge in [-0.05, 0) is 37.1 Å². The minimum Gasteiger partial charge on any atom is -0.399 e. The molecule has 4 heteroatoms. The summed E-state index contributed by atoms with van der Waals surface area (Å²) in [5.74, 6) is -0.00431. The zero-order valence-corrected chi connectivity index (χ0v) is 12.3. The highest BCUT2D eigenvalue weighted by Crippen LogP contribution is 2.20. The van der Waals surface area contributed by atoms with Gasteiger partial charge in [0.15, 0.2) is 0 Å². The molecule has 1 heterocycles. The van der Waals surface area contributed by atoms with E-state index in [-0.39, 0.29) is 5.91 Å². The van der Waals surface area contributed by atoms with Crippen molar-refractivity contribution in [3.8, 4) is 0 Å². The third-order valence-electron chi connectivity index (χ3n) is 4.33. The van der Waals surface area contributed by atoms with Gasteiger partial charge in [0.05, 0.1) is 0 Å². The van der Waals surface area contributed by atoms with Gasteiger partial charge in [-0.1, -0.05) is 32.1 Å². The summed E-state index contributed by atoms with van der Waals surface area (Å²) in [6.45, 7) is 0. The third-order valence-corrected chi connectivity index (χ3v) is 4.33.